The van der Waals surface area contributed by atoms with Gasteiger partial charge in [0.15, 0.2) is 5.82 Å². The summed E-state index contributed by atoms with van der Waals surface area (Å²) in [6.07, 6.45) is 2.99. The van der Waals surface area contributed by atoms with E-state index in [0.717, 1.165) is 0 Å². The lowest BCUT2D eigenvalue weighted by atomic mass is 10.4. The summed E-state index contributed by atoms with van der Waals surface area (Å²) >= 11 is 0. The Bertz CT molecular complexity index is 424. The van der Waals surface area contributed by atoms with Crippen molar-refractivity contribution < 1.29 is 5.11 Å². The number of aromatic nitrogens is 4. The monoisotopic (exact) mass is 176 g/mol. The number of H-pyrrole nitrogens is 1. The van der Waals surface area contributed by atoms with Crippen molar-refractivity contribution in [2.45, 2.75) is 6.92 Å². The average Bonchev–Trinajstić information content (AvgIpc) is 2.52. The van der Waals surface area contributed by atoms with Crippen molar-refractivity contribution >= 4 is 0 Å². The van der Waals surface area contributed by atoms with Crippen LogP contribution >= 0.6 is 0 Å². The van der Waals surface area contributed by atoms with Crippen molar-refractivity contribution in [1.29, 1.82) is 0 Å². The number of aromatic hydroxyl groups is 1. The summed E-state index contributed by atoms with van der Waals surface area (Å²) in [5.74, 6) is 1.25. The first-order chi connectivity index (χ1) is 6.25. The maximum Gasteiger partial charge on any atom is 0.208 e. The van der Waals surface area contributed by atoms with E-state index in [-0.39, 0.29) is 5.88 Å². The molecular weight excluding hydrogens is 168 g/mol. The normalized spacial score (nSPS) is 10.2. The van der Waals surface area contributed by atoms with E-state index in [1.165, 1.54) is 6.20 Å². The SMILES string of the molecule is Cc1nccc(-c2ncc(O)[nH]2)n1. The maximum absolute atomic E-state index is 9.02. The summed E-state index contributed by atoms with van der Waals surface area (Å²) in [7, 11) is 0. The van der Waals surface area contributed by atoms with E-state index in [9.17, 15) is 0 Å². The second kappa shape index (κ2) is 2.85. The van der Waals surface area contributed by atoms with Gasteiger partial charge in [-0.2, -0.15) is 0 Å². The van der Waals surface area contributed by atoms with E-state index in [1.54, 1.807) is 19.2 Å². The van der Waals surface area contributed by atoms with Gasteiger partial charge in [-0.3, -0.25) is 0 Å². The summed E-state index contributed by atoms with van der Waals surface area (Å²) in [5, 5.41) is 9.02. The molecule has 5 heteroatoms. The molecule has 0 fully saturated rings. The van der Waals surface area contributed by atoms with Gasteiger partial charge in [0, 0.05) is 6.20 Å². The van der Waals surface area contributed by atoms with Crippen LogP contribution in [-0.2, 0) is 0 Å². The smallest absolute Gasteiger partial charge is 0.208 e. The lowest BCUT2D eigenvalue weighted by Gasteiger charge is -1.95. The van der Waals surface area contributed by atoms with E-state index in [4.69, 9.17) is 5.11 Å². The van der Waals surface area contributed by atoms with Crippen LogP contribution in [0.25, 0.3) is 11.5 Å². The van der Waals surface area contributed by atoms with Gasteiger partial charge >= 0.3 is 0 Å². The number of aromatic amines is 1. The van der Waals surface area contributed by atoms with Crippen LogP contribution in [0, 0.1) is 6.92 Å². The van der Waals surface area contributed by atoms with Crippen molar-refractivity contribution in [2.24, 2.45) is 0 Å². The second-order valence-corrected chi connectivity index (χ2v) is 2.61. The van der Waals surface area contributed by atoms with E-state index in [1.807, 2.05) is 0 Å². The van der Waals surface area contributed by atoms with Gasteiger partial charge in [0.05, 0.1) is 6.20 Å². The van der Waals surface area contributed by atoms with Crippen LogP contribution in [0.4, 0.5) is 0 Å². The predicted molar refractivity (Wildman–Crippen MR) is 46.0 cm³/mol. The Labute approximate surface area is 74.5 Å². The van der Waals surface area contributed by atoms with E-state index >= 15 is 0 Å². The van der Waals surface area contributed by atoms with Crippen molar-refractivity contribution in [2.75, 3.05) is 0 Å². The number of imidazole rings is 1. The van der Waals surface area contributed by atoms with Crippen LogP contribution in [0.2, 0.25) is 0 Å². The first kappa shape index (κ1) is 7.72. The molecule has 0 aliphatic rings. The Balaban J connectivity index is 2.46. The number of rotatable bonds is 1. The highest BCUT2D eigenvalue weighted by molar-refractivity contribution is 5.49. The molecule has 0 spiro atoms. The zero-order chi connectivity index (χ0) is 9.26. The van der Waals surface area contributed by atoms with Gasteiger partial charge in [-0.05, 0) is 13.0 Å². The Hall–Kier alpha value is -1.91. The van der Waals surface area contributed by atoms with Crippen LogP contribution in [0.3, 0.4) is 0 Å². The van der Waals surface area contributed by atoms with Gasteiger partial charge in [0.2, 0.25) is 5.88 Å². The highest BCUT2D eigenvalue weighted by Gasteiger charge is 2.03. The van der Waals surface area contributed by atoms with Crippen LogP contribution in [0.5, 0.6) is 5.88 Å². The average molecular weight is 176 g/mol. The highest BCUT2D eigenvalue weighted by atomic mass is 16.3. The third-order valence-electron chi connectivity index (χ3n) is 1.58. The number of hydrogen-bond donors (Lipinski definition) is 2. The molecule has 2 aromatic rings. The van der Waals surface area contributed by atoms with Gasteiger partial charge in [0.1, 0.15) is 11.5 Å². The Kier molecular flexibility index (Phi) is 1.70. The Morgan fingerprint density at radius 2 is 2.23 bits per heavy atom. The molecule has 13 heavy (non-hydrogen) atoms. The molecule has 0 atom stereocenters. The molecule has 2 aromatic heterocycles. The molecule has 0 aliphatic heterocycles. The topological polar surface area (TPSA) is 74.7 Å². The minimum absolute atomic E-state index is 0.0336. The highest BCUT2D eigenvalue weighted by Crippen LogP contribution is 2.14. The summed E-state index contributed by atoms with van der Waals surface area (Å²) in [6.45, 7) is 1.80. The quantitative estimate of drug-likeness (QED) is 0.676. The molecule has 0 aliphatic carbocycles. The predicted octanol–water partition coefficient (Wildman–Crippen LogP) is 0.881. The number of nitrogens with one attached hydrogen (secondary N) is 1. The van der Waals surface area contributed by atoms with Gasteiger partial charge in [-0.1, -0.05) is 0 Å². The molecule has 0 saturated carbocycles. The van der Waals surface area contributed by atoms with Crippen molar-refractivity contribution in [3.05, 3.63) is 24.3 Å². The fourth-order valence-corrected chi connectivity index (χ4v) is 1.03. The minimum Gasteiger partial charge on any atom is -0.493 e. The Morgan fingerprint density at radius 3 is 2.85 bits per heavy atom. The molecule has 2 rings (SSSR count). The zero-order valence-corrected chi connectivity index (χ0v) is 7.02. The first-order valence-corrected chi connectivity index (χ1v) is 3.80. The third-order valence-corrected chi connectivity index (χ3v) is 1.58. The lowest BCUT2D eigenvalue weighted by Crippen LogP contribution is -1.90. The molecule has 2 N–H and O–H groups in total. The molecule has 2 heterocycles. The van der Waals surface area contributed by atoms with E-state index in [2.05, 4.69) is 19.9 Å². The van der Waals surface area contributed by atoms with Crippen molar-refractivity contribution in [3.8, 4) is 17.4 Å². The standard InChI is InChI=1S/C8H8N4O/c1-5-9-3-2-6(11-5)8-10-4-7(13)12-8/h2-4,13H,1H3,(H,10,12). The van der Waals surface area contributed by atoms with Crippen molar-refractivity contribution in [1.82, 2.24) is 19.9 Å². The molecule has 66 valence electrons. The molecule has 0 saturated heterocycles. The lowest BCUT2D eigenvalue weighted by molar-refractivity contribution is 0.457. The van der Waals surface area contributed by atoms with Crippen molar-refractivity contribution in [3.63, 3.8) is 0 Å². The number of aryl methyl sites for hydroxylation is 1. The van der Waals surface area contributed by atoms with Gasteiger partial charge < -0.3 is 10.1 Å². The van der Waals surface area contributed by atoms with Gasteiger partial charge in [0.25, 0.3) is 0 Å². The van der Waals surface area contributed by atoms with Crippen LogP contribution in [-0.4, -0.2) is 25.0 Å². The summed E-state index contributed by atoms with van der Waals surface area (Å²) < 4.78 is 0. The van der Waals surface area contributed by atoms with E-state index in [0.29, 0.717) is 17.3 Å². The molecule has 0 bridgehead atoms. The fraction of sp³-hybridized carbons (Fsp3) is 0.125. The van der Waals surface area contributed by atoms with Crippen LogP contribution in [0.15, 0.2) is 18.5 Å². The largest absolute Gasteiger partial charge is 0.493 e. The number of hydrogen-bond acceptors (Lipinski definition) is 4. The minimum atomic E-state index is 0.0336. The first-order valence-electron chi connectivity index (χ1n) is 3.80. The number of nitrogens with zero attached hydrogens (tertiary/aromatic N) is 3. The maximum atomic E-state index is 9.02. The summed E-state index contributed by atoms with van der Waals surface area (Å²) in [4.78, 5) is 14.7. The Morgan fingerprint density at radius 1 is 1.38 bits per heavy atom. The second-order valence-electron chi connectivity index (χ2n) is 2.61. The summed E-state index contributed by atoms with van der Waals surface area (Å²) in [5.41, 5.74) is 0.674. The third kappa shape index (κ3) is 1.48. The van der Waals surface area contributed by atoms with Crippen LogP contribution in [0.1, 0.15) is 5.82 Å². The van der Waals surface area contributed by atoms with Gasteiger partial charge in [-0.25, -0.2) is 15.0 Å². The molecular formula is C8H8N4O. The fourth-order valence-electron chi connectivity index (χ4n) is 1.03. The molecule has 0 aromatic carbocycles. The molecule has 0 radical (unpaired) electrons. The van der Waals surface area contributed by atoms with Crippen LogP contribution < -0.4 is 0 Å². The van der Waals surface area contributed by atoms with E-state index < -0.39 is 0 Å². The molecule has 0 amide bonds. The zero-order valence-electron chi connectivity index (χ0n) is 7.02. The summed E-state index contributed by atoms with van der Waals surface area (Å²) in [6, 6.07) is 1.73. The molecule has 5 nitrogen and oxygen atoms in total. The molecule has 0 unspecified atom stereocenters. The van der Waals surface area contributed by atoms with Gasteiger partial charge in [-0.15, -0.1) is 0 Å².